The maximum Gasteiger partial charge on any atom is 0.176 e. The number of aromatic hydroxyl groups is 2. The fourth-order valence-corrected chi connectivity index (χ4v) is 3.90. The Balaban J connectivity index is 2.67. The Bertz CT molecular complexity index is 745. The molecule has 0 radical (unpaired) electrons. The van der Waals surface area contributed by atoms with Crippen molar-refractivity contribution < 1.29 is 24.9 Å². The van der Waals surface area contributed by atoms with Crippen LogP contribution in [-0.4, -0.2) is 33.0 Å². The van der Waals surface area contributed by atoms with Gasteiger partial charge in [0, 0.05) is 5.92 Å². The van der Waals surface area contributed by atoms with Crippen molar-refractivity contribution in [3.8, 4) is 11.5 Å². The van der Waals surface area contributed by atoms with Crippen LogP contribution in [-0.2, 0) is 0 Å². The number of carbonyl (C=O) groups excluding carboxylic acids is 2. The van der Waals surface area contributed by atoms with E-state index >= 15 is 0 Å². The van der Waals surface area contributed by atoms with Crippen LogP contribution in [0.2, 0.25) is 0 Å². The van der Waals surface area contributed by atoms with Gasteiger partial charge >= 0.3 is 0 Å². The highest BCUT2D eigenvalue weighted by Crippen LogP contribution is 2.50. The third-order valence-corrected chi connectivity index (χ3v) is 5.51. The van der Waals surface area contributed by atoms with Crippen molar-refractivity contribution in [2.45, 2.75) is 59.5 Å². The van der Waals surface area contributed by atoms with Gasteiger partial charge in [-0.1, -0.05) is 38.3 Å². The van der Waals surface area contributed by atoms with E-state index in [1.54, 1.807) is 6.92 Å². The Morgan fingerprint density at radius 3 is 2.31 bits per heavy atom. The number of phenolic OH excluding ortho intramolecular Hbond substituents is 2. The summed E-state index contributed by atoms with van der Waals surface area (Å²) in [5.74, 6) is -2.32. The van der Waals surface area contributed by atoms with E-state index in [1.807, 2.05) is 26.8 Å². The number of Topliss-reactive ketones (excluding diaryl/α,β-unsaturated/α-hetero) is 2. The van der Waals surface area contributed by atoms with Crippen LogP contribution in [0.3, 0.4) is 0 Å². The second kappa shape index (κ2) is 7.62. The van der Waals surface area contributed by atoms with E-state index in [1.165, 1.54) is 12.1 Å². The molecular formula is C21H28O5. The molecule has 26 heavy (non-hydrogen) atoms. The van der Waals surface area contributed by atoms with Crippen LogP contribution < -0.4 is 0 Å². The number of aliphatic hydroxyl groups excluding tert-OH is 1. The molecule has 0 aliphatic heterocycles. The van der Waals surface area contributed by atoms with Crippen LogP contribution >= 0.6 is 0 Å². The van der Waals surface area contributed by atoms with Gasteiger partial charge < -0.3 is 15.3 Å². The van der Waals surface area contributed by atoms with Crippen molar-refractivity contribution in [2.75, 3.05) is 0 Å². The summed E-state index contributed by atoms with van der Waals surface area (Å²) in [4.78, 5) is 26.5. The first-order valence-electron chi connectivity index (χ1n) is 9.13. The Hall–Kier alpha value is -2.14. The first-order chi connectivity index (χ1) is 12.2. The molecule has 0 saturated heterocycles. The molecule has 1 aliphatic rings. The van der Waals surface area contributed by atoms with Crippen LogP contribution in [0, 0.1) is 11.3 Å². The van der Waals surface area contributed by atoms with Gasteiger partial charge in [-0.2, -0.15) is 0 Å². The summed E-state index contributed by atoms with van der Waals surface area (Å²) in [7, 11) is 0. The summed E-state index contributed by atoms with van der Waals surface area (Å²) in [5, 5.41) is 31.3. The van der Waals surface area contributed by atoms with Gasteiger partial charge in [-0.05, 0) is 38.8 Å². The number of hydrogen-bond acceptors (Lipinski definition) is 5. The molecule has 0 bridgehead atoms. The minimum absolute atomic E-state index is 0.135. The first-order valence-corrected chi connectivity index (χ1v) is 9.13. The number of phenols is 2. The Labute approximate surface area is 154 Å². The lowest BCUT2D eigenvalue weighted by molar-refractivity contribution is -0.00722. The predicted octanol–water partition coefficient (Wildman–Crippen LogP) is 4.01. The van der Waals surface area contributed by atoms with Gasteiger partial charge in [0.25, 0.3) is 0 Å². The molecule has 0 amide bonds. The summed E-state index contributed by atoms with van der Waals surface area (Å²) in [6.07, 6.45) is 2.88. The molecule has 1 aliphatic carbocycles. The van der Waals surface area contributed by atoms with Gasteiger partial charge in [0.1, 0.15) is 11.5 Å². The average Bonchev–Trinajstić information content (AvgIpc) is 2.60. The lowest BCUT2D eigenvalue weighted by Gasteiger charge is -2.44. The molecule has 3 atom stereocenters. The zero-order valence-electron chi connectivity index (χ0n) is 15.9. The van der Waals surface area contributed by atoms with Crippen LogP contribution in [0.15, 0.2) is 23.8 Å². The number of fused-ring (bicyclic) bond motifs is 1. The molecule has 1 aromatic carbocycles. The third kappa shape index (κ3) is 3.16. The summed E-state index contributed by atoms with van der Waals surface area (Å²) in [6, 6.07) is 2.42. The van der Waals surface area contributed by atoms with Gasteiger partial charge in [-0.25, -0.2) is 0 Å². The lowest BCUT2D eigenvalue weighted by Crippen LogP contribution is -2.53. The molecule has 0 fully saturated rings. The highest BCUT2D eigenvalue weighted by molar-refractivity contribution is 6.20. The fourth-order valence-electron chi connectivity index (χ4n) is 3.90. The normalized spacial score (nSPS) is 23.5. The van der Waals surface area contributed by atoms with Gasteiger partial charge in [0.15, 0.2) is 11.6 Å². The molecule has 3 N–H and O–H groups in total. The minimum Gasteiger partial charge on any atom is -0.507 e. The molecule has 0 heterocycles. The molecule has 142 valence electrons. The Kier molecular flexibility index (Phi) is 5.91. The highest BCUT2D eigenvalue weighted by atomic mass is 16.3. The largest absolute Gasteiger partial charge is 0.507 e. The maximum absolute atomic E-state index is 13.5. The van der Waals surface area contributed by atoms with Crippen LogP contribution in [0.5, 0.6) is 11.5 Å². The predicted molar refractivity (Wildman–Crippen MR) is 99.6 cm³/mol. The molecule has 2 rings (SSSR count). The van der Waals surface area contributed by atoms with E-state index < -0.39 is 29.0 Å². The number of ketones is 2. The van der Waals surface area contributed by atoms with Crippen LogP contribution in [0.1, 0.15) is 74.1 Å². The molecular weight excluding hydrogens is 332 g/mol. The standard InChI is InChI=1S/C21H28O5/c1-5-6-11-21(16(24)10-7-12(2)3)13(4)19(25)17-14(22)8-9-15(23)18(17)20(21)26/h7-9,13,16,22-24H,5-6,10-11H2,1-4H3/t13?,16-,21?/m1/s1. The van der Waals surface area contributed by atoms with E-state index in [4.69, 9.17) is 0 Å². The number of benzene rings is 1. The topological polar surface area (TPSA) is 94.8 Å². The molecule has 0 saturated carbocycles. The van der Waals surface area contributed by atoms with Crippen molar-refractivity contribution in [1.29, 1.82) is 0 Å². The summed E-state index contributed by atoms with van der Waals surface area (Å²) in [6.45, 7) is 7.42. The van der Waals surface area contributed by atoms with Gasteiger partial charge in [-0.3, -0.25) is 9.59 Å². The maximum atomic E-state index is 13.5. The van der Waals surface area contributed by atoms with Gasteiger partial charge in [0.2, 0.25) is 0 Å². The molecule has 5 nitrogen and oxygen atoms in total. The van der Waals surface area contributed by atoms with Crippen molar-refractivity contribution in [3.63, 3.8) is 0 Å². The molecule has 0 aromatic heterocycles. The monoisotopic (exact) mass is 360 g/mol. The van der Waals surface area contributed by atoms with Crippen molar-refractivity contribution >= 4 is 11.6 Å². The summed E-state index contributed by atoms with van der Waals surface area (Å²) >= 11 is 0. The molecule has 2 unspecified atom stereocenters. The zero-order valence-corrected chi connectivity index (χ0v) is 15.9. The van der Waals surface area contributed by atoms with Crippen LogP contribution in [0.4, 0.5) is 0 Å². The molecule has 5 heteroatoms. The lowest BCUT2D eigenvalue weighted by atomic mass is 9.58. The van der Waals surface area contributed by atoms with E-state index in [2.05, 4.69) is 0 Å². The van der Waals surface area contributed by atoms with E-state index in [0.717, 1.165) is 12.0 Å². The summed E-state index contributed by atoms with van der Waals surface area (Å²) in [5.41, 5.74) is -0.598. The first kappa shape index (κ1) is 20.2. The molecule has 1 aromatic rings. The van der Waals surface area contributed by atoms with Crippen LogP contribution in [0.25, 0.3) is 0 Å². The number of hydrogen-bond donors (Lipinski definition) is 3. The van der Waals surface area contributed by atoms with Crippen molar-refractivity contribution in [3.05, 3.63) is 34.9 Å². The van der Waals surface area contributed by atoms with Gasteiger partial charge in [0.05, 0.1) is 22.6 Å². The number of rotatable bonds is 6. The van der Waals surface area contributed by atoms with E-state index in [-0.39, 0.29) is 29.0 Å². The van der Waals surface area contributed by atoms with E-state index in [0.29, 0.717) is 12.8 Å². The Morgan fingerprint density at radius 2 is 1.77 bits per heavy atom. The quantitative estimate of drug-likeness (QED) is 0.526. The second-order valence-corrected chi connectivity index (χ2v) is 7.45. The van der Waals surface area contributed by atoms with Crippen molar-refractivity contribution in [1.82, 2.24) is 0 Å². The van der Waals surface area contributed by atoms with Crippen molar-refractivity contribution in [2.24, 2.45) is 11.3 Å². The Morgan fingerprint density at radius 1 is 1.19 bits per heavy atom. The number of allylic oxidation sites excluding steroid dienone is 1. The third-order valence-electron chi connectivity index (χ3n) is 5.51. The smallest absolute Gasteiger partial charge is 0.176 e. The second-order valence-electron chi connectivity index (χ2n) is 7.45. The number of aliphatic hydroxyl groups is 1. The SMILES string of the molecule is CCCCC1([C@H](O)CC=C(C)C)C(=O)c2c(O)ccc(O)c2C(=O)C1C. The number of unbranched alkanes of at least 4 members (excludes halogenated alkanes) is 1. The zero-order chi connectivity index (χ0) is 19.6. The van der Waals surface area contributed by atoms with E-state index in [9.17, 15) is 24.9 Å². The minimum atomic E-state index is -1.31. The average molecular weight is 360 g/mol. The highest BCUT2D eigenvalue weighted by Gasteiger charge is 2.56. The number of carbonyl (C=O) groups is 2. The molecule has 0 spiro atoms. The van der Waals surface area contributed by atoms with Gasteiger partial charge in [-0.15, -0.1) is 0 Å². The summed E-state index contributed by atoms with van der Waals surface area (Å²) < 4.78 is 0. The fraction of sp³-hybridized carbons (Fsp3) is 0.524.